The molecule has 0 bridgehead atoms. The highest BCUT2D eigenvalue weighted by Crippen LogP contribution is 2.26. The fraction of sp³-hybridized carbons (Fsp3) is 0.400. The zero-order valence-corrected chi connectivity index (χ0v) is 11.6. The van der Waals surface area contributed by atoms with Gasteiger partial charge in [0, 0.05) is 17.8 Å². The third kappa shape index (κ3) is 2.61. The molecule has 1 fully saturated rings. The number of carbonyl (C=O) groups is 2. The van der Waals surface area contributed by atoms with Crippen molar-refractivity contribution in [1.82, 2.24) is 10.3 Å². The van der Waals surface area contributed by atoms with Gasteiger partial charge in [-0.2, -0.15) is 0 Å². The number of aromatic nitrogens is 1. The van der Waals surface area contributed by atoms with Crippen LogP contribution in [-0.4, -0.2) is 28.0 Å². The second-order valence-electron chi connectivity index (χ2n) is 5.40. The van der Waals surface area contributed by atoms with Crippen LogP contribution in [0.2, 0.25) is 0 Å². The van der Waals surface area contributed by atoms with Crippen LogP contribution in [0.25, 0.3) is 11.1 Å². The summed E-state index contributed by atoms with van der Waals surface area (Å²) in [5, 5.41) is 11.9. The molecule has 1 aliphatic carbocycles. The van der Waals surface area contributed by atoms with Gasteiger partial charge in [0.1, 0.15) is 5.52 Å². The summed E-state index contributed by atoms with van der Waals surface area (Å²) in [6.45, 7) is 1.86. The quantitative estimate of drug-likeness (QED) is 0.902. The second kappa shape index (κ2) is 5.20. The van der Waals surface area contributed by atoms with Gasteiger partial charge in [-0.05, 0) is 31.9 Å². The van der Waals surface area contributed by atoms with Gasteiger partial charge >= 0.3 is 5.97 Å². The predicted octanol–water partition coefficient (Wildman–Crippen LogP) is 2.12. The van der Waals surface area contributed by atoms with Crippen molar-refractivity contribution in [2.24, 2.45) is 5.92 Å². The predicted molar refractivity (Wildman–Crippen MR) is 75.0 cm³/mol. The number of carboxylic acids is 1. The summed E-state index contributed by atoms with van der Waals surface area (Å²) in [6.07, 6.45) is 2.09. The summed E-state index contributed by atoms with van der Waals surface area (Å²) in [6, 6.07) is 4.83. The summed E-state index contributed by atoms with van der Waals surface area (Å²) in [5.74, 6) is -1.60. The third-order valence-electron chi connectivity index (χ3n) is 3.89. The number of amides is 1. The number of hydrogen-bond acceptors (Lipinski definition) is 4. The van der Waals surface area contributed by atoms with Crippen molar-refractivity contribution >= 4 is 23.0 Å². The van der Waals surface area contributed by atoms with Gasteiger partial charge in [0.15, 0.2) is 11.3 Å². The van der Waals surface area contributed by atoms with Gasteiger partial charge < -0.3 is 14.8 Å². The van der Waals surface area contributed by atoms with E-state index >= 15 is 0 Å². The lowest BCUT2D eigenvalue weighted by atomic mass is 10.0. The molecule has 0 spiro atoms. The molecule has 2 N–H and O–H groups in total. The maximum absolute atomic E-state index is 12.2. The molecule has 0 aromatic carbocycles. The van der Waals surface area contributed by atoms with E-state index in [2.05, 4.69) is 10.3 Å². The Morgan fingerprint density at radius 2 is 2.19 bits per heavy atom. The van der Waals surface area contributed by atoms with E-state index in [1.54, 1.807) is 12.1 Å². The third-order valence-corrected chi connectivity index (χ3v) is 3.89. The Morgan fingerprint density at radius 3 is 2.95 bits per heavy atom. The number of rotatable bonds is 3. The largest absolute Gasteiger partial charge is 0.481 e. The molecule has 0 radical (unpaired) electrons. The van der Waals surface area contributed by atoms with Gasteiger partial charge in [0.2, 0.25) is 0 Å². The summed E-state index contributed by atoms with van der Waals surface area (Å²) in [4.78, 5) is 27.6. The number of carbonyl (C=O) groups excluding carboxylic acids is 1. The van der Waals surface area contributed by atoms with Crippen LogP contribution in [0.1, 0.15) is 35.5 Å². The Morgan fingerprint density at radius 1 is 1.38 bits per heavy atom. The number of fused-ring (bicyclic) bond motifs is 1. The van der Waals surface area contributed by atoms with Crippen LogP contribution in [0.15, 0.2) is 22.6 Å². The fourth-order valence-electron chi connectivity index (χ4n) is 2.81. The van der Waals surface area contributed by atoms with Crippen molar-refractivity contribution in [2.75, 3.05) is 0 Å². The van der Waals surface area contributed by atoms with Crippen LogP contribution in [0.4, 0.5) is 0 Å². The highest BCUT2D eigenvalue weighted by Gasteiger charge is 2.34. The Kier molecular flexibility index (Phi) is 3.37. The minimum absolute atomic E-state index is 0.166. The van der Waals surface area contributed by atoms with E-state index in [-0.39, 0.29) is 17.7 Å². The molecule has 21 heavy (non-hydrogen) atoms. The monoisotopic (exact) mass is 288 g/mol. The molecule has 6 nitrogen and oxygen atoms in total. The number of nitrogens with one attached hydrogen (secondary N) is 1. The smallest absolute Gasteiger partial charge is 0.308 e. The number of aliphatic carboxylic acids is 1. The van der Waals surface area contributed by atoms with Crippen molar-refractivity contribution in [3.05, 3.63) is 29.7 Å². The number of furan rings is 1. The summed E-state index contributed by atoms with van der Waals surface area (Å²) in [7, 11) is 0. The average molecular weight is 288 g/mol. The summed E-state index contributed by atoms with van der Waals surface area (Å²) in [5.41, 5.74) is 2.02. The number of pyridine rings is 1. The molecule has 110 valence electrons. The lowest BCUT2D eigenvalue weighted by molar-refractivity contribution is -0.142. The topological polar surface area (TPSA) is 92.4 Å². The first-order valence-corrected chi connectivity index (χ1v) is 6.95. The normalized spacial score (nSPS) is 21.6. The zero-order valence-electron chi connectivity index (χ0n) is 11.6. The van der Waals surface area contributed by atoms with Gasteiger partial charge in [-0.15, -0.1) is 0 Å². The molecule has 2 aromatic heterocycles. The van der Waals surface area contributed by atoms with Crippen molar-refractivity contribution in [1.29, 1.82) is 0 Å². The van der Waals surface area contributed by atoms with E-state index in [1.165, 1.54) is 0 Å². The van der Waals surface area contributed by atoms with E-state index < -0.39 is 11.9 Å². The molecule has 6 heteroatoms. The van der Waals surface area contributed by atoms with Crippen molar-refractivity contribution in [2.45, 2.75) is 32.2 Å². The van der Waals surface area contributed by atoms with Crippen LogP contribution >= 0.6 is 0 Å². The lowest BCUT2D eigenvalue weighted by Crippen LogP contribution is -2.40. The first-order chi connectivity index (χ1) is 10.0. The first-order valence-electron chi connectivity index (χ1n) is 6.95. The number of nitrogens with zero attached hydrogens (tertiary/aromatic N) is 1. The standard InChI is InChI=1S/C15H16N2O4/c1-8-5-6-12-11(16-8)7-13(21-12)14(18)17-10-4-2-3-9(10)15(19)20/h5-7,9-10H,2-4H2,1H3,(H,17,18)(H,19,20)/t9-,10+/m0/s1. The summed E-state index contributed by atoms with van der Waals surface area (Å²) >= 11 is 0. The fourth-order valence-corrected chi connectivity index (χ4v) is 2.81. The first kappa shape index (κ1) is 13.6. The molecule has 3 rings (SSSR count). The molecule has 1 amide bonds. The maximum Gasteiger partial charge on any atom is 0.308 e. The molecule has 1 saturated carbocycles. The second-order valence-corrected chi connectivity index (χ2v) is 5.40. The number of carboxylic acid groups (broad SMARTS) is 1. The van der Waals surface area contributed by atoms with Crippen LogP contribution in [0, 0.1) is 12.8 Å². The van der Waals surface area contributed by atoms with Crippen molar-refractivity contribution in [3.63, 3.8) is 0 Å². The van der Waals surface area contributed by atoms with Crippen molar-refractivity contribution in [3.8, 4) is 0 Å². The molecular weight excluding hydrogens is 272 g/mol. The van der Waals surface area contributed by atoms with E-state index in [9.17, 15) is 9.59 Å². The molecular formula is C15H16N2O4. The Hall–Kier alpha value is -2.37. The van der Waals surface area contributed by atoms with Crippen molar-refractivity contribution < 1.29 is 19.1 Å². The van der Waals surface area contributed by atoms with Crippen LogP contribution < -0.4 is 5.32 Å². The van der Waals surface area contributed by atoms with Gasteiger partial charge in [-0.1, -0.05) is 6.42 Å². The minimum atomic E-state index is -0.861. The zero-order chi connectivity index (χ0) is 15.0. The van der Waals surface area contributed by atoms with E-state index in [0.29, 0.717) is 23.9 Å². The SMILES string of the molecule is Cc1ccc2oc(C(=O)N[C@@H]3CCC[C@@H]3C(=O)O)cc2n1. The Balaban J connectivity index is 1.79. The van der Waals surface area contributed by atoms with Gasteiger partial charge in [-0.25, -0.2) is 4.98 Å². The summed E-state index contributed by atoms with van der Waals surface area (Å²) < 4.78 is 5.47. The van der Waals surface area contributed by atoms with Gasteiger partial charge in [0.05, 0.1) is 5.92 Å². The van der Waals surface area contributed by atoms with E-state index in [0.717, 1.165) is 12.1 Å². The molecule has 0 saturated heterocycles. The highest BCUT2D eigenvalue weighted by molar-refractivity contribution is 5.95. The molecule has 0 aliphatic heterocycles. The van der Waals surface area contributed by atoms with Crippen LogP contribution in [0.3, 0.4) is 0 Å². The molecule has 2 aromatic rings. The van der Waals surface area contributed by atoms with E-state index in [4.69, 9.17) is 9.52 Å². The molecule has 0 unspecified atom stereocenters. The number of hydrogen-bond donors (Lipinski definition) is 2. The molecule has 2 atom stereocenters. The van der Waals surface area contributed by atoms with Gasteiger partial charge in [0.25, 0.3) is 5.91 Å². The van der Waals surface area contributed by atoms with Crippen LogP contribution in [0.5, 0.6) is 0 Å². The average Bonchev–Trinajstić information content (AvgIpc) is 3.04. The maximum atomic E-state index is 12.2. The van der Waals surface area contributed by atoms with Crippen LogP contribution in [-0.2, 0) is 4.79 Å². The Bertz CT molecular complexity index is 707. The molecule has 2 heterocycles. The lowest BCUT2D eigenvalue weighted by Gasteiger charge is -2.16. The number of aryl methyl sites for hydroxylation is 1. The minimum Gasteiger partial charge on any atom is -0.481 e. The molecule has 1 aliphatic rings. The Labute approximate surface area is 121 Å². The van der Waals surface area contributed by atoms with Gasteiger partial charge in [-0.3, -0.25) is 9.59 Å². The van der Waals surface area contributed by atoms with E-state index in [1.807, 2.05) is 13.0 Å². The highest BCUT2D eigenvalue weighted by atomic mass is 16.4.